The molecule has 7 nitrogen and oxygen atoms in total. The summed E-state index contributed by atoms with van der Waals surface area (Å²) in [6.45, 7) is 0.917. The van der Waals surface area contributed by atoms with Crippen LogP contribution in [0.1, 0.15) is 27.5 Å². The number of amides is 1. The lowest BCUT2D eigenvalue weighted by atomic mass is 9.98. The van der Waals surface area contributed by atoms with Gasteiger partial charge in [-0.3, -0.25) is 15.1 Å². The maximum atomic E-state index is 14.9. The number of anilines is 1. The first-order valence-corrected chi connectivity index (χ1v) is 10.0. The van der Waals surface area contributed by atoms with Crippen molar-refractivity contribution in [3.8, 4) is 16.9 Å². The maximum Gasteiger partial charge on any atom is 0.303 e. The van der Waals surface area contributed by atoms with Crippen LogP contribution in [0.2, 0.25) is 5.02 Å². The number of hydrogen-bond donors (Lipinski definition) is 2. The van der Waals surface area contributed by atoms with Gasteiger partial charge in [-0.15, -0.1) is 10.2 Å². The topological polar surface area (TPSA) is 97.2 Å². The molecule has 0 saturated carbocycles. The molecule has 164 valence electrons. The molecule has 0 aliphatic rings. The second-order valence-corrected chi connectivity index (χ2v) is 7.74. The number of carbonyl (C=O) groups is 1. The molecule has 3 rings (SSSR count). The van der Waals surface area contributed by atoms with Gasteiger partial charge in [0.25, 0.3) is 5.91 Å². The summed E-state index contributed by atoms with van der Waals surface area (Å²) in [4.78, 5) is 16.9. The number of aryl methyl sites for hydroxylation is 1. The van der Waals surface area contributed by atoms with E-state index in [1.165, 1.54) is 31.5 Å². The number of aromatic nitrogens is 3. The third-order valence-corrected chi connectivity index (χ3v) is 5.46. The molecule has 0 unspecified atom stereocenters. The van der Waals surface area contributed by atoms with Crippen LogP contribution in [0.25, 0.3) is 11.1 Å². The zero-order valence-electron chi connectivity index (χ0n) is 16.2. The number of alkyl halides is 2. The van der Waals surface area contributed by atoms with Crippen molar-refractivity contribution in [2.24, 2.45) is 0 Å². The summed E-state index contributed by atoms with van der Waals surface area (Å²) in [6.07, 6.45) is 0.400. The van der Waals surface area contributed by atoms with Crippen LogP contribution in [-0.2, 0) is 5.92 Å². The average molecular weight is 473 g/mol. The standard InChI is InChI=1S/C19H16ClF3N4O3S/c1-9-7-10(14-13(30-2)4-3-12(20)15(14)21)11(8-24-9)16(29)25-18-27-26-17(31-18)19(22,23)5-6-28/h3-4,7-8,28H,5-6H2,1-2H3,(H,25,27,29). The molecule has 31 heavy (non-hydrogen) atoms. The Morgan fingerprint density at radius 3 is 2.77 bits per heavy atom. The van der Waals surface area contributed by atoms with Crippen LogP contribution in [0.4, 0.5) is 18.3 Å². The molecular weight excluding hydrogens is 457 g/mol. The van der Waals surface area contributed by atoms with E-state index in [-0.39, 0.29) is 32.6 Å². The van der Waals surface area contributed by atoms with Crippen molar-refractivity contribution in [2.45, 2.75) is 19.3 Å². The lowest BCUT2D eigenvalue weighted by Crippen LogP contribution is -2.15. The van der Waals surface area contributed by atoms with E-state index < -0.39 is 35.7 Å². The molecule has 0 fully saturated rings. The van der Waals surface area contributed by atoms with Gasteiger partial charge in [0.2, 0.25) is 5.13 Å². The molecule has 3 aromatic rings. The molecule has 1 amide bonds. The first-order chi connectivity index (χ1) is 14.7. The van der Waals surface area contributed by atoms with Crippen LogP contribution in [0, 0.1) is 12.7 Å². The number of nitrogens with zero attached hydrogens (tertiary/aromatic N) is 3. The minimum absolute atomic E-state index is 0.0434. The van der Waals surface area contributed by atoms with Crippen LogP contribution < -0.4 is 10.1 Å². The molecule has 2 N–H and O–H groups in total. The van der Waals surface area contributed by atoms with Gasteiger partial charge < -0.3 is 9.84 Å². The zero-order valence-corrected chi connectivity index (χ0v) is 17.8. The highest BCUT2D eigenvalue weighted by Crippen LogP contribution is 2.39. The summed E-state index contributed by atoms with van der Waals surface area (Å²) in [5.41, 5.74) is 0.550. The van der Waals surface area contributed by atoms with E-state index in [0.29, 0.717) is 17.0 Å². The van der Waals surface area contributed by atoms with Gasteiger partial charge in [0.05, 0.1) is 23.3 Å². The Morgan fingerprint density at radius 1 is 1.35 bits per heavy atom. The zero-order chi connectivity index (χ0) is 22.8. The number of aliphatic hydroxyl groups is 1. The van der Waals surface area contributed by atoms with Gasteiger partial charge in [-0.25, -0.2) is 4.39 Å². The minimum atomic E-state index is -3.39. The minimum Gasteiger partial charge on any atom is -0.496 e. The molecule has 0 bridgehead atoms. The third-order valence-electron chi connectivity index (χ3n) is 4.22. The van der Waals surface area contributed by atoms with Gasteiger partial charge >= 0.3 is 5.92 Å². The summed E-state index contributed by atoms with van der Waals surface area (Å²) in [5, 5.41) is 17.0. The third kappa shape index (κ3) is 4.78. The Kier molecular flexibility index (Phi) is 6.77. The van der Waals surface area contributed by atoms with E-state index in [1.54, 1.807) is 6.92 Å². The summed E-state index contributed by atoms with van der Waals surface area (Å²) in [7, 11) is 1.34. The van der Waals surface area contributed by atoms with E-state index in [2.05, 4.69) is 20.5 Å². The number of ether oxygens (including phenoxy) is 1. The number of methoxy groups -OCH3 is 1. The number of nitrogens with one attached hydrogen (secondary N) is 1. The van der Waals surface area contributed by atoms with Crippen molar-refractivity contribution in [3.05, 3.63) is 51.5 Å². The molecule has 0 radical (unpaired) electrons. The lowest BCUT2D eigenvalue weighted by Gasteiger charge is -2.14. The molecule has 0 aliphatic heterocycles. The number of pyridine rings is 1. The van der Waals surface area contributed by atoms with Gasteiger partial charge in [0.15, 0.2) is 10.8 Å². The Labute approximate surface area is 183 Å². The summed E-state index contributed by atoms with van der Waals surface area (Å²) >= 11 is 6.38. The van der Waals surface area contributed by atoms with Crippen molar-refractivity contribution in [2.75, 3.05) is 19.0 Å². The normalized spacial score (nSPS) is 11.5. The summed E-state index contributed by atoms with van der Waals surface area (Å²) in [6, 6.07) is 4.26. The molecule has 1 aromatic carbocycles. The summed E-state index contributed by atoms with van der Waals surface area (Å²) in [5.74, 6) is -4.80. The highest BCUT2D eigenvalue weighted by Gasteiger charge is 2.35. The molecule has 2 heterocycles. The summed E-state index contributed by atoms with van der Waals surface area (Å²) < 4.78 is 47.8. The lowest BCUT2D eigenvalue weighted by molar-refractivity contribution is -0.0276. The highest BCUT2D eigenvalue weighted by atomic mass is 35.5. The smallest absolute Gasteiger partial charge is 0.303 e. The Hall–Kier alpha value is -2.76. The van der Waals surface area contributed by atoms with Crippen LogP contribution in [0.3, 0.4) is 0 Å². The molecule has 0 atom stereocenters. The van der Waals surface area contributed by atoms with E-state index in [1.807, 2.05) is 0 Å². The van der Waals surface area contributed by atoms with Crippen molar-refractivity contribution in [1.29, 1.82) is 0 Å². The van der Waals surface area contributed by atoms with E-state index >= 15 is 0 Å². The van der Waals surface area contributed by atoms with Gasteiger partial charge in [-0.2, -0.15) is 8.78 Å². The number of benzene rings is 1. The van der Waals surface area contributed by atoms with E-state index in [9.17, 15) is 18.0 Å². The van der Waals surface area contributed by atoms with Gasteiger partial charge in [-0.05, 0) is 25.1 Å². The molecule has 2 aromatic heterocycles. The Bertz CT molecular complexity index is 1130. The fourth-order valence-corrected chi connectivity index (χ4v) is 3.63. The molecular formula is C19H16ClF3N4O3S. The Morgan fingerprint density at radius 2 is 2.10 bits per heavy atom. The highest BCUT2D eigenvalue weighted by molar-refractivity contribution is 7.15. The van der Waals surface area contributed by atoms with Crippen LogP contribution in [0.15, 0.2) is 24.4 Å². The predicted molar refractivity (Wildman–Crippen MR) is 109 cm³/mol. The largest absolute Gasteiger partial charge is 0.496 e. The SMILES string of the molecule is COc1ccc(Cl)c(F)c1-c1cc(C)ncc1C(=O)Nc1nnc(C(F)(F)CCO)s1. The number of aliphatic hydroxyl groups excluding tert-OH is 1. The van der Waals surface area contributed by atoms with Crippen molar-refractivity contribution >= 4 is 34.0 Å². The number of rotatable bonds is 7. The number of halogens is 4. The second kappa shape index (κ2) is 9.16. The van der Waals surface area contributed by atoms with Gasteiger partial charge in [-0.1, -0.05) is 22.9 Å². The van der Waals surface area contributed by atoms with E-state index in [4.69, 9.17) is 21.4 Å². The number of hydrogen-bond acceptors (Lipinski definition) is 7. The predicted octanol–water partition coefficient (Wildman–Crippen LogP) is 4.44. The van der Waals surface area contributed by atoms with Crippen molar-refractivity contribution in [3.63, 3.8) is 0 Å². The number of carbonyl (C=O) groups excluding carboxylic acids is 1. The maximum absolute atomic E-state index is 14.9. The second-order valence-electron chi connectivity index (χ2n) is 6.35. The van der Waals surface area contributed by atoms with Gasteiger partial charge in [0, 0.05) is 30.5 Å². The monoisotopic (exact) mass is 472 g/mol. The van der Waals surface area contributed by atoms with Crippen LogP contribution >= 0.6 is 22.9 Å². The molecule has 0 saturated heterocycles. The average Bonchev–Trinajstić information content (AvgIpc) is 3.19. The van der Waals surface area contributed by atoms with E-state index in [0.717, 1.165) is 0 Å². The molecule has 12 heteroatoms. The Balaban J connectivity index is 2.00. The van der Waals surface area contributed by atoms with Crippen molar-refractivity contribution in [1.82, 2.24) is 15.2 Å². The van der Waals surface area contributed by atoms with Crippen LogP contribution in [-0.4, -0.2) is 39.9 Å². The fraction of sp³-hybridized carbons (Fsp3) is 0.263. The van der Waals surface area contributed by atoms with Crippen molar-refractivity contribution < 1.29 is 27.8 Å². The first-order valence-electron chi connectivity index (χ1n) is 8.81. The van der Waals surface area contributed by atoms with Crippen LogP contribution in [0.5, 0.6) is 5.75 Å². The molecule has 0 aliphatic carbocycles. The quantitative estimate of drug-likeness (QED) is 0.528. The fourth-order valence-electron chi connectivity index (χ4n) is 2.73. The first kappa shape index (κ1) is 22.9. The van der Waals surface area contributed by atoms with Gasteiger partial charge in [0.1, 0.15) is 5.75 Å². The molecule has 0 spiro atoms.